The van der Waals surface area contributed by atoms with E-state index in [9.17, 15) is 15.2 Å². The van der Waals surface area contributed by atoms with Gasteiger partial charge in [0.15, 0.2) is 0 Å². The monoisotopic (exact) mass is 277 g/mol. The highest BCUT2D eigenvalue weighted by atomic mass is 16.6. The van der Waals surface area contributed by atoms with Crippen molar-refractivity contribution in [3.05, 3.63) is 57.8 Å². The molecule has 2 aromatic rings. The summed E-state index contributed by atoms with van der Waals surface area (Å²) in [6.45, 7) is 2.53. The Labute approximate surface area is 115 Å². The SMILES string of the molecule is Cc1cnc(CNCC(O)c2ccc([N+](=O)[O-])cc2)o1. The predicted octanol–water partition coefficient (Wildman–Crippen LogP) is 1.71. The number of oxazole rings is 1. The van der Waals surface area contributed by atoms with E-state index in [4.69, 9.17) is 4.42 Å². The Hall–Kier alpha value is -2.25. The predicted molar refractivity (Wildman–Crippen MR) is 71.0 cm³/mol. The highest BCUT2D eigenvalue weighted by Crippen LogP contribution is 2.17. The number of hydrogen-bond acceptors (Lipinski definition) is 6. The standard InChI is InChI=1S/C13H15N3O4/c1-9-6-15-13(20-9)8-14-7-12(17)10-2-4-11(5-3-10)16(18)19/h2-6,12,14,17H,7-8H2,1H3. The minimum atomic E-state index is -0.744. The topological polar surface area (TPSA) is 101 Å². The maximum Gasteiger partial charge on any atom is 0.269 e. The first kappa shape index (κ1) is 14.2. The van der Waals surface area contributed by atoms with Gasteiger partial charge in [-0.05, 0) is 24.6 Å². The van der Waals surface area contributed by atoms with Crippen LogP contribution >= 0.6 is 0 Å². The number of nitrogens with one attached hydrogen (secondary N) is 1. The third-order valence-electron chi connectivity index (χ3n) is 2.77. The van der Waals surface area contributed by atoms with Gasteiger partial charge in [0.1, 0.15) is 5.76 Å². The number of non-ortho nitro benzene ring substituents is 1. The van der Waals surface area contributed by atoms with Gasteiger partial charge in [-0.15, -0.1) is 0 Å². The van der Waals surface area contributed by atoms with Gasteiger partial charge in [0.2, 0.25) is 5.89 Å². The Morgan fingerprint density at radius 1 is 1.45 bits per heavy atom. The van der Waals surface area contributed by atoms with Gasteiger partial charge in [0.05, 0.1) is 23.8 Å². The van der Waals surface area contributed by atoms with Crippen LogP contribution in [0.15, 0.2) is 34.9 Å². The quantitative estimate of drug-likeness (QED) is 0.615. The molecule has 0 saturated heterocycles. The minimum Gasteiger partial charge on any atom is -0.445 e. The lowest BCUT2D eigenvalue weighted by atomic mass is 10.1. The van der Waals surface area contributed by atoms with Crippen LogP contribution in [0.3, 0.4) is 0 Å². The summed E-state index contributed by atoms with van der Waals surface area (Å²) >= 11 is 0. The largest absolute Gasteiger partial charge is 0.445 e. The molecule has 0 fully saturated rings. The van der Waals surface area contributed by atoms with Crippen LogP contribution in [-0.4, -0.2) is 21.6 Å². The maximum atomic E-state index is 10.5. The van der Waals surface area contributed by atoms with Crippen LogP contribution < -0.4 is 5.32 Å². The Bertz CT molecular complexity index is 580. The Kier molecular flexibility index (Phi) is 4.44. The normalized spacial score (nSPS) is 12.3. The smallest absolute Gasteiger partial charge is 0.269 e. The molecule has 0 aliphatic rings. The Morgan fingerprint density at radius 2 is 2.15 bits per heavy atom. The minimum absolute atomic E-state index is 0.00386. The number of aliphatic hydroxyl groups is 1. The number of aromatic nitrogens is 1. The average Bonchev–Trinajstić information content (AvgIpc) is 2.84. The van der Waals surface area contributed by atoms with E-state index in [1.807, 2.05) is 6.92 Å². The van der Waals surface area contributed by atoms with Crippen molar-refractivity contribution in [1.82, 2.24) is 10.3 Å². The number of aryl methyl sites for hydroxylation is 1. The fraction of sp³-hybridized carbons (Fsp3) is 0.308. The molecule has 2 N–H and O–H groups in total. The van der Waals surface area contributed by atoms with E-state index in [0.717, 1.165) is 5.76 Å². The lowest BCUT2D eigenvalue weighted by Crippen LogP contribution is -2.21. The molecule has 1 aromatic heterocycles. The van der Waals surface area contributed by atoms with Crippen LogP contribution in [0.2, 0.25) is 0 Å². The van der Waals surface area contributed by atoms with Crippen molar-refractivity contribution in [1.29, 1.82) is 0 Å². The van der Waals surface area contributed by atoms with Gasteiger partial charge >= 0.3 is 0 Å². The first-order valence-corrected chi connectivity index (χ1v) is 6.10. The van der Waals surface area contributed by atoms with Crippen LogP contribution in [0.4, 0.5) is 5.69 Å². The van der Waals surface area contributed by atoms with E-state index >= 15 is 0 Å². The van der Waals surface area contributed by atoms with E-state index in [2.05, 4.69) is 10.3 Å². The number of aliphatic hydroxyl groups excluding tert-OH is 1. The highest BCUT2D eigenvalue weighted by molar-refractivity contribution is 5.33. The molecular formula is C13H15N3O4. The second-order valence-corrected chi connectivity index (χ2v) is 4.36. The molecule has 1 atom stereocenters. The van der Waals surface area contributed by atoms with Crippen molar-refractivity contribution < 1.29 is 14.4 Å². The zero-order chi connectivity index (χ0) is 14.5. The van der Waals surface area contributed by atoms with Crippen LogP contribution in [0, 0.1) is 17.0 Å². The molecule has 7 heteroatoms. The summed E-state index contributed by atoms with van der Waals surface area (Å²) < 4.78 is 5.28. The Morgan fingerprint density at radius 3 is 2.70 bits per heavy atom. The number of nitrogens with zero attached hydrogens (tertiary/aromatic N) is 2. The second-order valence-electron chi connectivity index (χ2n) is 4.36. The van der Waals surface area contributed by atoms with Gasteiger partial charge in [-0.25, -0.2) is 4.98 Å². The van der Waals surface area contributed by atoms with Gasteiger partial charge in [0, 0.05) is 18.7 Å². The van der Waals surface area contributed by atoms with Gasteiger partial charge in [0.25, 0.3) is 5.69 Å². The fourth-order valence-corrected chi connectivity index (χ4v) is 1.74. The van der Waals surface area contributed by atoms with Crippen molar-refractivity contribution in [2.45, 2.75) is 19.6 Å². The van der Waals surface area contributed by atoms with Crippen LogP contribution in [-0.2, 0) is 6.54 Å². The molecule has 7 nitrogen and oxygen atoms in total. The third kappa shape index (κ3) is 3.62. The molecule has 0 bridgehead atoms. The molecule has 1 unspecified atom stereocenters. The molecule has 2 rings (SSSR count). The maximum absolute atomic E-state index is 10.5. The van der Waals surface area contributed by atoms with Crippen molar-refractivity contribution in [3.8, 4) is 0 Å². The average molecular weight is 277 g/mol. The van der Waals surface area contributed by atoms with E-state index in [0.29, 0.717) is 24.5 Å². The fourth-order valence-electron chi connectivity index (χ4n) is 1.74. The van der Waals surface area contributed by atoms with Gasteiger partial charge in [-0.2, -0.15) is 0 Å². The van der Waals surface area contributed by atoms with E-state index < -0.39 is 11.0 Å². The second kappa shape index (κ2) is 6.27. The zero-order valence-electron chi connectivity index (χ0n) is 10.9. The number of hydrogen-bond donors (Lipinski definition) is 2. The van der Waals surface area contributed by atoms with Crippen LogP contribution in [0.1, 0.15) is 23.3 Å². The summed E-state index contributed by atoms with van der Waals surface area (Å²) in [5.74, 6) is 1.29. The van der Waals surface area contributed by atoms with Crippen molar-refractivity contribution in [2.24, 2.45) is 0 Å². The molecule has 0 radical (unpaired) electrons. The van der Waals surface area contributed by atoms with Gasteiger partial charge in [-0.3, -0.25) is 10.1 Å². The molecule has 0 aliphatic heterocycles. The molecule has 0 amide bonds. The van der Waals surface area contributed by atoms with Crippen molar-refractivity contribution in [3.63, 3.8) is 0 Å². The molecule has 0 saturated carbocycles. The summed E-state index contributed by atoms with van der Waals surface area (Å²) in [6, 6.07) is 5.82. The molecule has 0 aliphatic carbocycles. The summed E-state index contributed by atoms with van der Waals surface area (Å²) in [5, 5.41) is 23.5. The van der Waals surface area contributed by atoms with Crippen LogP contribution in [0.5, 0.6) is 0 Å². The molecule has 0 spiro atoms. The number of nitro groups is 1. The Balaban J connectivity index is 1.85. The lowest BCUT2D eigenvalue weighted by molar-refractivity contribution is -0.384. The molecule has 106 valence electrons. The summed E-state index contributed by atoms with van der Waals surface area (Å²) in [6.07, 6.45) is 0.885. The summed E-state index contributed by atoms with van der Waals surface area (Å²) in [7, 11) is 0. The van der Waals surface area contributed by atoms with Crippen LogP contribution in [0.25, 0.3) is 0 Å². The molecular weight excluding hydrogens is 262 g/mol. The lowest BCUT2D eigenvalue weighted by Gasteiger charge is -2.11. The number of rotatable bonds is 6. The number of nitro benzene ring substituents is 1. The third-order valence-corrected chi connectivity index (χ3v) is 2.77. The molecule has 1 heterocycles. The van der Waals surface area contributed by atoms with E-state index in [1.54, 1.807) is 18.3 Å². The van der Waals surface area contributed by atoms with E-state index in [1.165, 1.54) is 12.1 Å². The zero-order valence-corrected chi connectivity index (χ0v) is 10.9. The molecule has 1 aromatic carbocycles. The van der Waals surface area contributed by atoms with Gasteiger partial charge in [-0.1, -0.05) is 0 Å². The summed E-state index contributed by atoms with van der Waals surface area (Å²) in [5.41, 5.74) is 0.621. The van der Waals surface area contributed by atoms with Crippen molar-refractivity contribution >= 4 is 5.69 Å². The van der Waals surface area contributed by atoms with E-state index in [-0.39, 0.29) is 5.69 Å². The first-order chi connectivity index (χ1) is 9.56. The van der Waals surface area contributed by atoms with Crippen molar-refractivity contribution in [2.75, 3.05) is 6.54 Å². The molecule has 20 heavy (non-hydrogen) atoms. The summed E-state index contributed by atoms with van der Waals surface area (Å²) in [4.78, 5) is 14.1. The van der Waals surface area contributed by atoms with Gasteiger partial charge < -0.3 is 14.8 Å². The first-order valence-electron chi connectivity index (χ1n) is 6.10. The highest BCUT2D eigenvalue weighted by Gasteiger charge is 2.10. The number of benzene rings is 1.